The van der Waals surface area contributed by atoms with Gasteiger partial charge in [0.25, 0.3) is 0 Å². The number of carbonyl (C=O) groups is 1. The maximum Gasteiger partial charge on any atom is 0.159 e. The number of hydrogen-bond donors (Lipinski definition) is 1. The quantitative estimate of drug-likeness (QED) is 0.599. The van der Waals surface area contributed by atoms with Crippen molar-refractivity contribution in [3.63, 3.8) is 0 Å². The minimum Gasteiger partial charge on any atom is -0.388 e. The monoisotopic (exact) mass is 166 g/mol. The second kappa shape index (κ2) is 3.23. The second-order valence-corrected chi connectivity index (χ2v) is 3.42. The van der Waals surface area contributed by atoms with Crippen LogP contribution >= 0.6 is 0 Å². The van der Waals surface area contributed by atoms with E-state index in [1.54, 1.807) is 13.0 Å². The molecular formula is C10H14O2. The first-order valence-electron chi connectivity index (χ1n) is 4.07. The zero-order chi connectivity index (χ0) is 9.30. The van der Waals surface area contributed by atoms with Crippen LogP contribution in [0.1, 0.15) is 20.3 Å². The van der Waals surface area contributed by atoms with Crippen molar-refractivity contribution in [1.82, 2.24) is 0 Å². The standard InChI is InChI=1S/C10H14O2/c1-6(2)8-5-9(11)7(3)4-10(8)12/h4,8,10,12H,1,5H2,2-3H3/t8-,10+/m1/s1. The van der Waals surface area contributed by atoms with Gasteiger partial charge >= 0.3 is 0 Å². The van der Waals surface area contributed by atoms with Gasteiger partial charge in [-0.15, -0.1) is 0 Å². The summed E-state index contributed by atoms with van der Waals surface area (Å²) in [4.78, 5) is 11.2. The molecule has 66 valence electrons. The van der Waals surface area contributed by atoms with Crippen LogP contribution in [0, 0.1) is 5.92 Å². The van der Waals surface area contributed by atoms with E-state index in [1.807, 2.05) is 6.92 Å². The predicted octanol–water partition coefficient (Wildman–Crippen LogP) is 1.46. The summed E-state index contributed by atoms with van der Waals surface area (Å²) in [5.41, 5.74) is 1.54. The van der Waals surface area contributed by atoms with E-state index < -0.39 is 6.10 Å². The summed E-state index contributed by atoms with van der Waals surface area (Å²) < 4.78 is 0. The highest BCUT2D eigenvalue weighted by molar-refractivity contribution is 5.96. The van der Waals surface area contributed by atoms with E-state index in [9.17, 15) is 9.90 Å². The molecule has 1 aliphatic rings. The molecular weight excluding hydrogens is 152 g/mol. The lowest BCUT2D eigenvalue weighted by atomic mass is 9.83. The lowest BCUT2D eigenvalue weighted by Crippen LogP contribution is -2.27. The van der Waals surface area contributed by atoms with E-state index in [4.69, 9.17) is 0 Å². The Morgan fingerprint density at radius 3 is 2.83 bits per heavy atom. The van der Waals surface area contributed by atoms with Crippen molar-refractivity contribution >= 4 is 5.78 Å². The second-order valence-electron chi connectivity index (χ2n) is 3.42. The maximum atomic E-state index is 11.2. The predicted molar refractivity (Wildman–Crippen MR) is 47.7 cm³/mol. The van der Waals surface area contributed by atoms with Crippen LogP contribution in [-0.4, -0.2) is 17.0 Å². The van der Waals surface area contributed by atoms with Gasteiger partial charge in [0.05, 0.1) is 6.10 Å². The molecule has 1 rings (SSSR count). The molecule has 2 atom stereocenters. The Bertz CT molecular complexity index is 251. The molecule has 0 fully saturated rings. The molecule has 0 aromatic carbocycles. The Morgan fingerprint density at radius 2 is 2.33 bits per heavy atom. The van der Waals surface area contributed by atoms with E-state index in [-0.39, 0.29) is 11.7 Å². The van der Waals surface area contributed by atoms with Crippen molar-refractivity contribution in [3.8, 4) is 0 Å². The number of rotatable bonds is 1. The Hall–Kier alpha value is -0.890. The van der Waals surface area contributed by atoms with E-state index in [0.29, 0.717) is 12.0 Å². The van der Waals surface area contributed by atoms with E-state index in [1.165, 1.54) is 0 Å². The molecule has 0 aliphatic heterocycles. The summed E-state index contributed by atoms with van der Waals surface area (Å²) >= 11 is 0. The lowest BCUT2D eigenvalue weighted by molar-refractivity contribution is -0.117. The first-order chi connectivity index (χ1) is 5.52. The molecule has 12 heavy (non-hydrogen) atoms. The van der Waals surface area contributed by atoms with Crippen LogP contribution in [-0.2, 0) is 4.79 Å². The zero-order valence-electron chi connectivity index (χ0n) is 7.50. The van der Waals surface area contributed by atoms with Gasteiger partial charge in [-0.3, -0.25) is 4.79 Å². The average Bonchev–Trinajstić information content (AvgIpc) is 1.96. The van der Waals surface area contributed by atoms with E-state index in [2.05, 4.69) is 6.58 Å². The molecule has 1 N–H and O–H groups in total. The fourth-order valence-corrected chi connectivity index (χ4v) is 1.41. The summed E-state index contributed by atoms with van der Waals surface area (Å²) in [6, 6.07) is 0. The topological polar surface area (TPSA) is 37.3 Å². The van der Waals surface area contributed by atoms with Crippen LogP contribution in [0.15, 0.2) is 23.8 Å². The number of Topliss-reactive ketones (excluding diaryl/α,β-unsaturated/α-hetero) is 1. The highest BCUT2D eigenvalue weighted by Gasteiger charge is 2.26. The number of aliphatic hydroxyl groups excluding tert-OH is 1. The molecule has 0 unspecified atom stereocenters. The van der Waals surface area contributed by atoms with Gasteiger partial charge in [0.1, 0.15) is 0 Å². The maximum absolute atomic E-state index is 11.2. The molecule has 0 amide bonds. The zero-order valence-corrected chi connectivity index (χ0v) is 7.50. The molecule has 2 heteroatoms. The highest BCUT2D eigenvalue weighted by Crippen LogP contribution is 2.25. The SMILES string of the molecule is C=C(C)[C@H]1CC(=O)C(C)=C[C@@H]1O. The minimum absolute atomic E-state index is 0.0822. The molecule has 0 aromatic heterocycles. The fraction of sp³-hybridized carbons (Fsp3) is 0.500. The minimum atomic E-state index is -0.528. The van der Waals surface area contributed by atoms with E-state index >= 15 is 0 Å². The Morgan fingerprint density at radius 1 is 1.75 bits per heavy atom. The van der Waals surface area contributed by atoms with Crippen LogP contribution in [0.4, 0.5) is 0 Å². The largest absolute Gasteiger partial charge is 0.388 e. The Kier molecular flexibility index (Phi) is 2.48. The van der Waals surface area contributed by atoms with Crippen molar-refractivity contribution in [2.75, 3.05) is 0 Å². The summed E-state index contributed by atoms with van der Waals surface area (Å²) in [5, 5.41) is 9.54. The van der Waals surface area contributed by atoms with Gasteiger partial charge in [0.15, 0.2) is 5.78 Å². The van der Waals surface area contributed by atoms with Gasteiger partial charge in [-0.1, -0.05) is 12.2 Å². The fourth-order valence-electron chi connectivity index (χ4n) is 1.41. The van der Waals surface area contributed by atoms with Gasteiger partial charge < -0.3 is 5.11 Å². The lowest BCUT2D eigenvalue weighted by Gasteiger charge is -2.24. The Labute approximate surface area is 72.6 Å². The Balaban J connectivity index is 2.86. The van der Waals surface area contributed by atoms with Gasteiger partial charge in [-0.05, 0) is 25.5 Å². The third-order valence-electron chi connectivity index (χ3n) is 2.31. The summed E-state index contributed by atoms with van der Waals surface area (Å²) in [6.45, 7) is 7.33. The number of allylic oxidation sites excluding steroid dienone is 1. The summed E-state index contributed by atoms with van der Waals surface area (Å²) in [5.74, 6) is 0.0366. The molecule has 0 saturated carbocycles. The van der Waals surface area contributed by atoms with Crippen molar-refractivity contribution < 1.29 is 9.90 Å². The number of hydrogen-bond acceptors (Lipinski definition) is 2. The van der Waals surface area contributed by atoms with Crippen molar-refractivity contribution in [1.29, 1.82) is 0 Å². The number of aliphatic hydroxyl groups is 1. The molecule has 1 aliphatic carbocycles. The van der Waals surface area contributed by atoms with Crippen LogP contribution in [0.25, 0.3) is 0 Å². The van der Waals surface area contributed by atoms with Crippen molar-refractivity contribution in [3.05, 3.63) is 23.8 Å². The molecule has 0 spiro atoms. The van der Waals surface area contributed by atoms with Crippen molar-refractivity contribution in [2.45, 2.75) is 26.4 Å². The molecule has 0 radical (unpaired) electrons. The van der Waals surface area contributed by atoms with Gasteiger partial charge in [0, 0.05) is 12.3 Å². The summed E-state index contributed by atoms with van der Waals surface area (Å²) in [7, 11) is 0. The number of ketones is 1. The molecule has 0 aromatic rings. The first kappa shape index (κ1) is 9.20. The van der Waals surface area contributed by atoms with Gasteiger partial charge in [-0.2, -0.15) is 0 Å². The van der Waals surface area contributed by atoms with E-state index in [0.717, 1.165) is 5.57 Å². The van der Waals surface area contributed by atoms with Crippen LogP contribution in [0.3, 0.4) is 0 Å². The van der Waals surface area contributed by atoms with Crippen molar-refractivity contribution in [2.24, 2.45) is 5.92 Å². The van der Waals surface area contributed by atoms with Gasteiger partial charge in [-0.25, -0.2) is 0 Å². The van der Waals surface area contributed by atoms with Crippen LogP contribution < -0.4 is 0 Å². The molecule has 0 bridgehead atoms. The normalized spacial score (nSPS) is 29.9. The summed E-state index contributed by atoms with van der Waals surface area (Å²) in [6.07, 6.45) is 1.49. The number of carbonyl (C=O) groups excluding carboxylic acids is 1. The smallest absolute Gasteiger partial charge is 0.159 e. The highest BCUT2D eigenvalue weighted by atomic mass is 16.3. The average molecular weight is 166 g/mol. The van der Waals surface area contributed by atoms with Gasteiger partial charge in [0.2, 0.25) is 0 Å². The first-order valence-corrected chi connectivity index (χ1v) is 4.07. The molecule has 0 saturated heterocycles. The molecule has 0 heterocycles. The third kappa shape index (κ3) is 1.64. The third-order valence-corrected chi connectivity index (χ3v) is 2.31. The molecule has 2 nitrogen and oxygen atoms in total. The van der Waals surface area contributed by atoms with Crippen LogP contribution in [0.5, 0.6) is 0 Å². The van der Waals surface area contributed by atoms with Crippen LogP contribution in [0.2, 0.25) is 0 Å².